The van der Waals surface area contributed by atoms with Crippen LogP contribution in [-0.4, -0.2) is 14.4 Å². The second-order valence-electron chi connectivity index (χ2n) is 17.8. The van der Waals surface area contributed by atoms with E-state index in [-0.39, 0.29) is 5.41 Å². The van der Waals surface area contributed by atoms with Crippen LogP contribution in [0.1, 0.15) is 25.0 Å². The monoisotopic (exact) mass is 815 g/mol. The molecular formula is C61H41N3. The number of fused-ring (bicyclic) bond motifs is 8. The first kappa shape index (κ1) is 36.5. The summed E-state index contributed by atoms with van der Waals surface area (Å²) >= 11 is 0. The number of benzene rings is 10. The van der Waals surface area contributed by atoms with E-state index in [0.717, 1.165) is 22.5 Å². The quantitative estimate of drug-likeness (QED) is 0.162. The van der Waals surface area contributed by atoms with E-state index in [1.54, 1.807) is 6.20 Å². The highest BCUT2D eigenvalue weighted by molar-refractivity contribution is 6.23. The fraction of sp³-hybridized carbons (Fsp3) is 0.0492. The smallest absolute Gasteiger partial charge is 0.234 e. The van der Waals surface area contributed by atoms with Crippen LogP contribution in [0.2, 0.25) is 0 Å². The third kappa shape index (κ3) is 5.54. The van der Waals surface area contributed by atoms with Crippen molar-refractivity contribution in [3.63, 3.8) is 0 Å². The largest absolute Gasteiger partial charge is 0.283 e. The van der Waals surface area contributed by atoms with Gasteiger partial charge in [-0.3, -0.25) is 4.40 Å². The van der Waals surface area contributed by atoms with Crippen LogP contribution in [0.4, 0.5) is 0 Å². The normalized spacial score (nSPS) is 13.0. The van der Waals surface area contributed by atoms with Crippen molar-refractivity contribution in [3.8, 4) is 67.0 Å². The predicted molar refractivity (Wildman–Crippen MR) is 268 cm³/mol. The Morgan fingerprint density at radius 1 is 0.391 bits per heavy atom. The van der Waals surface area contributed by atoms with Crippen LogP contribution in [0.15, 0.2) is 213 Å². The molecule has 0 amide bonds. The van der Waals surface area contributed by atoms with E-state index in [4.69, 9.17) is 4.98 Å². The maximum absolute atomic E-state index is 5.02. The molecule has 13 rings (SSSR count). The fourth-order valence-corrected chi connectivity index (χ4v) is 10.7. The van der Waals surface area contributed by atoms with E-state index in [1.807, 2.05) is 18.3 Å². The van der Waals surface area contributed by atoms with Gasteiger partial charge in [-0.25, -0.2) is 9.97 Å². The van der Waals surface area contributed by atoms with Crippen molar-refractivity contribution in [3.05, 3.63) is 224 Å². The first-order chi connectivity index (χ1) is 31.5. The van der Waals surface area contributed by atoms with Crippen molar-refractivity contribution in [1.82, 2.24) is 14.4 Å². The van der Waals surface area contributed by atoms with Gasteiger partial charge < -0.3 is 0 Å². The van der Waals surface area contributed by atoms with Gasteiger partial charge in [0.1, 0.15) is 0 Å². The van der Waals surface area contributed by atoms with E-state index in [1.165, 1.54) is 98.7 Å². The summed E-state index contributed by atoms with van der Waals surface area (Å²) in [6, 6.07) is 73.8. The summed E-state index contributed by atoms with van der Waals surface area (Å²) in [7, 11) is 0. The van der Waals surface area contributed by atoms with Crippen LogP contribution in [0.25, 0.3) is 116 Å². The lowest BCUT2D eigenvalue weighted by atomic mass is 9.79. The molecule has 0 bridgehead atoms. The Labute approximate surface area is 371 Å². The topological polar surface area (TPSA) is 30.2 Å². The summed E-state index contributed by atoms with van der Waals surface area (Å²) in [4.78, 5) is 9.61. The summed E-state index contributed by atoms with van der Waals surface area (Å²) in [5.41, 5.74) is 16.6. The molecule has 300 valence electrons. The van der Waals surface area contributed by atoms with Crippen molar-refractivity contribution >= 4 is 48.9 Å². The lowest BCUT2D eigenvalue weighted by Gasteiger charge is -2.24. The van der Waals surface area contributed by atoms with Crippen molar-refractivity contribution < 1.29 is 0 Å². The molecule has 64 heavy (non-hydrogen) atoms. The second kappa shape index (κ2) is 13.9. The first-order valence-corrected chi connectivity index (χ1v) is 22.1. The maximum atomic E-state index is 5.02. The van der Waals surface area contributed by atoms with Crippen LogP contribution in [0, 0.1) is 0 Å². The number of imidazole rings is 1. The summed E-state index contributed by atoms with van der Waals surface area (Å²) in [5.74, 6) is 0.690. The van der Waals surface area contributed by atoms with Crippen molar-refractivity contribution in [2.45, 2.75) is 19.3 Å². The van der Waals surface area contributed by atoms with Gasteiger partial charge in [0, 0.05) is 28.9 Å². The molecule has 3 heteroatoms. The third-order valence-electron chi connectivity index (χ3n) is 13.8. The molecular weight excluding hydrogens is 775 g/mol. The third-order valence-corrected chi connectivity index (χ3v) is 13.8. The molecule has 0 spiro atoms. The molecule has 0 radical (unpaired) electrons. The summed E-state index contributed by atoms with van der Waals surface area (Å²) in [6.07, 6.45) is 3.84. The molecule has 1 aliphatic carbocycles. The highest BCUT2D eigenvalue weighted by Gasteiger charge is 2.37. The van der Waals surface area contributed by atoms with Crippen LogP contribution in [0.3, 0.4) is 0 Å². The summed E-state index contributed by atoms with van der Waals surface area (Å²) < 4.78 is 2.08. The highest BCUT2D eigenvalue weighted by atomic mass is 15.1. The standard InChI is InChI=1S/C61H41N3/c1-61(2)54-35-45(40-21-25-41(26-22-40)58-59(42-15-4-3-5-16-42)64-32-12-31-62-60(64)63-58)29-30-48(54)51-36-52-53(37-55(51)61)57(47-28-24-39-14-7-9-18-44(39)34-47)50-20-11-10-19-49(50)56(52)46-27-23-38-13-6-8-17-43(38)33-46/h3-37H,1-2H3. The number of nitrogens with zero attached hydrogens (tertiary/aromatic N) is 3. The number of hydrogen-bond acceptors (Lipinski definition) is 2. The number of hydrogen-bond donors (Lipinski definition) is 0. The van der Waals surface area contributed by atoms with Gasteiger partial charge >= 0.3 is 0 Å². The van der Waals surface area contributed by atoms with E-state index in [9.17, 15) is 0 Å². The average molecular weight is 816 g/mol. The zero-order chi connectivity index (χ0) is 42.5. The minimum Gasteiger partial charge on any atom is -0.283 e. The van der Waals surface area contributed by atoms with Crippen molar-refractivity contribution in [2.24, 2.45) is 0 Å². The molecule has 1 aliphatic rings. The SMILES string of the molecule is CC1(C)c2cc(-c3ccc(-c4nc5ncccn5c4-c4ccccc4)cc3)ccc2-c2cc3c(-c4ccc5ccccc5c4)c4ccccc4c(-c4ccc5ccccc5c4)c3cc21. The summed E-state index contributed by atoms with van der Waals surface area (Å²) in [5, 5.41) is 10.1. The Balaban J connectivity index is 0.987. The number of aromatic nitrogens is 3. The molecule has 2 aromatic heterocycles. The molecule has 10 aromatic carbocycles. The molecule has 12 aromatic rings. The van der Waals surface area contributed by atoms with Gasteiger partial charge in [-0.15, -0.1) is 0 Å². The molecule has 3 nitrogen and oxygen atoms in total. The Hall–Kier alpha value is -8.14. The minimum absolute atomic E-state index is 0.238. The minimum atomic E-state index is -0.238. The fourth-order valence-electron chi connectivity index (χ4n) is 10.7. The van der Waals surface area contributed by atoms with E-state index in [0.29, 0.717) is 5.78 Å². The molecule has 0 fully saturated rings. The zero-order valence-electron chi connectivity index (χ0n) is 35.5. The Morgan fingerprint density at radius 3 is 1.61 bits per heavy atom. The van der Waals surface area contributed by atoms with Crippen LogP contribution < -0.4 is 0 Å². The Kier molecular flexibility index (Phi) is 7.95. The predicted octanol–water partition coefficient (Wildman–Crippen LogP) is 16.0. The molecule has 0 unspecified atom stereocenters. The van der Waals surface area contributed by atoms with Gasteiger partial charge in [0.25, 0.3) is 0 Å². The molecule has 0 N–H and O–H groups in total. The van der Waals surface area contributed by atoms with Crippen LogP contribution in [-0.2, 0) is 5.41 Å². The highest BCUT2D eigenvalue weighted by Crippen LogP contribution is 2.54. The van der Waals surface area contributed by atoms with Crippen LogP contribution >= 0.6 is 0 Å². The van der Waals surface area contributed by atoms with Gasteiger partial charge in [-0.1, -0.05) is 178 Å². The maximum Gasteiger partial charge on any atom is 0.234 e. The second-order valence-corrected chi connectivity index (χ2v) is 17.8. The molecule has 2 heterocycles. The van der Waals surface area contributed by atoms with Crippen molar-refractivity contribution in [2.75, 3.05) is 0 Å². The Bertz CT molecular complexity index is 3860. The Morgan fingerprint density at radius 2 is 0.938 bits per heavy atom. The van der Waals surface area contributed by atoms with Gasteiger partial charge in [-0.2, -0.15) is 0 Å². The zero-order valence-corrected chi connectivity index (χ0v) is 35.5. The molecule has 0 aliphatic heterocycles. The van der Waals surface area contributed by atoms with Crippen LogP contribution in [0.5, 0.6) is 0 Å². The van der Waals surface area contributed by atoms with E-state index >= 15 is 0 Å². The first-order valence-electron chi connectivity index (χ1n) is 22.1. The van der Waals surface area contributed by atoms with Crippen molar-refractivity contribution in [1.29, 1.82) is 0 Å². The molecule has 0 atom stereocenters. The lowest BCUT2D eigenvalue weighted by Crippen LogP contribution is -2.15. The summed E-state index contributed by atoms with van der Waals surface area (Å²) in [6.45, 7) is 4.81. The van der Waals surface area contributed by atoms with Gasteiger partial charge in [0.15, 0.2) is 0 Å². The van der Waals surface area contributed by atoms with Gasteiger partial charge in [0.05, 0.1) is 11.4 Å². The number of rotatable bonds is 5. The lowest BCUT2D eigenvalue weighted by molar-refractivity contribution is 0.661. The van der Waals surface area contributed by atoms with E-state index in [2.05, 4.69) is 211 Å². The van der Waals surface area contributed by atoms with Gasteiger partial charge in [0.2, 0.25) is 5.78 Å². The molecule has 0 saturated heterocycles. The molecule has 0 saturated carbocycles. The van der Waals surface area contributed by atoms with Gasteiger partial charge in [-0.05, 0) is 135 Å². The van der Waals surface area contributed by atoms with E-state index < -0.39 is 0 Å². The average Bonchev–Trinajstić information content (AvgIpc) is 3.84.